The van der Waals surface area contributed by atoms with Crippen LogP contribution in [0, 0.1) is 32.3 Å². The molecule has 0 aliphatic heterocycles. The van der Waals surface area contributed by atoms with Gasteiger partial charge in [0.05, 0.1) is 16.9 Å². The Morgan fingerprint density at radius 1 is 0.263 bits per heavy atom. The van der Waals surface area contributed by atoms with E-state index in [4.69, 9.17) is 4.74 Å². The molecule has 7 nitrogen and oxygen atoms in total. The fourth-order valence-corrected chi connectivity index (χ4v) is 35.2. The lowest BCUT2D eigenvalue weighted by Gasteiger charge is -2.71. The molecule has 31 rings (SSSR count). The highest BCUT2D eigenvalue weighted by atomic mass is 16.6. The van der Waals surface area contributed by atoms with Crippen molar-refractivity contribution in [3.05, 3.63) is 489 Å². The fraction of sp³-hybridized carbons (Fsp3) is 0.338. The summed E-state index contributed by atoms with van der Waals surface area (Å²) in [6, 6.07) is 154. The minimum atomic E-state index is -0.879. The number of esters is 1. The van der Waals surface area contributed by atoms with E-state index in [1.165, 1.54) is 127 Å². The number of nitriles is 1. The number of benzene rings is 14. The van der Waals surface area contributed by atoms with Gasteiger partial charge in [-0.15, -0.1) is 0 Å². The first-order valence-electron chi connectivity index (χ1n) is 50.9. The van der Waals surface area contributed by atoms with Crippen molar-refractivity contribution >= 4 is 27.8 Å². The number of carbonyl (C=O) groups is 1. The average Bonchev–Trinajstić information content (AvgIpc) is 1.64. The third-order valence-electron chi connectivity index (χ3n) is 37.3. The van der Waals surface area contributed by atoms with E-state index in [1.807, 2.05) is 39.0 Å². The van der Waals surface area contributed by atoms with Crippen molar-refractivity contribution in [3.63, 3.8) is 0 Å². The number of hydrogen-bond donors (Lipinski definition) is 0. The molecule has 16 bridgehead atoms. The van der Waals surface area contributed by atoms with Crippen molar-refractivity contribution < 1.29 is 14.5 Å². The molecule has 14 aromatic carbocycles. The van der Waals surface area contributed by atoms with Crippen LogP contribution in [0.15, 0.2) is 413 Å². The smallest absolute Gasteiger partial charge is 0.312 e. The first kappa shape index (κ1) is 87.0. The summed E-state index contributed by atoms with van der Waals surface area (Å²) in [5, 5.41) is 26.1. The van der Waals surface area contributed by atoms with Crippen LogP contribution >= 0.6 is 0 Å². The maximum atomic E-state index is 14.2. The first-order valence-corrected chi connectivity index (χ1v) is 50.9. The molecule has 0 amide bonds. The Balaban J connectivity index is 0.000000100. The van der Waals surface area contributed by atoms with Crippen LogP contribution < -0.4 is 0 Å². The molecule has 1 aromatic heterocycles. The summed E-state index contributed by atoms with van der Waals surface area (Å²) in [5.74, 6) is 0.00465. The fourth-order valence-electron chi connectivity index (χ4n) is 35.2. The second kappa shape index (κ2) is 31.9. The molecule has 684 valence electrons. The van der Waals surface area contributed by atoms with Gasteiger partial charge in [-0.1, -0.05) is 400 Å². The quantitative estimate of drug-likeness (QED) is 0.0578. The molecular weight excluding hydrogens is 1670 g/mol. The van der Waals surface area contributed by atoms with Gasteiger partial charge in [0.15, 0.2) is 0 Å². The van der Waals surface area contributed by atoms with Crippen LogP contribution in [0.3, 0.4) is 0 Å². The third-order valence-corrected chi connectivity index (χ3v) is 37.3. The van der Waals surface area contributed by atoms with Crippen LogP contribution in [0.5, 0.6) is 0 Å². The zero-order valence-electron chi connectivity index (χ0n) is 79.7. The van der Waals surface area contributed by atoms with Gasteiger partial charge in [0.25, 0.3) is 0 Å². The lowest BCUT2D eigenvalue weighted by molar-refractivity contribution is -0.591. The van der Waals surface area contributed by atoms with E-state index in [-0.39, 0.29) is 86.8 Å². The molecule has 7 heteroatoms. The average molecular weight is 1790 g/mol. The molecule has 16 fully saturated rings. The molecule has 0 N–H and O–H groups in total. The molecule has 137 heavy (non-hydrogen) atoms. The Bertz CT molecular complexity index is 6420. The van der Waals surface area contributed by atoms with Gasteiger partial charge in [0.1, 0.15) is 5.60 Å². The molecule has 16 saturated carbocycles. The van der Waals surface area contributed by atoms with Crippen molar-refractivity contribution in [1.82, 2.24) is 4.57 Å². The van der Waals surface area contributed by atoms with E-state index < -0.39 is 16.6 Å². The zero-order valence-corrected chi connectivity index (χ0v) is 79.7. The van der Waals surface area contributed by atoms with E-state index in [9.17, 15) is 20.2 Å². The molecule has 0 unspecified atom stereocenters. The second-order valence-electron chi connectivity index (χ2n) is 47.2. The summed E-state index contributed by atoms with van der Waals surface area (Å²) in [5.41, 5.74) is 17.4. The largest absolute Gasteiger partial charge is 0.460 e. The molecular formula is C130H125N3O4. The maximum Gasteiger partial charge on any atom is 0.312 e. The Morgan fingerprint density at radius 3 is 0.628 bits per heavy atom. The van der Waals surface area contributed by atoms with Crippen LogP contribution in [-0.4, -0.2) is 26.6 Å². The van der Waals surface area contributed by atoms with E-state index in [1.54, 1.807) is 0 Å². The van der Waals surface area contributed by atoms with Crippen LogP contribution in [0.25, 0.3) is 21.8 Å². The van der Waals surface area contributed by atoms with Crippen molar-refractivity contribution in [2.75, 3.05) is 0 Å². The van der Waals surface area contributed by atoms with Gasteiger partial charge < -0.3 is 9.30 Å². The van der Waals surface area contributed by atoms with Crippen LogP contribution in [0.1, 0.15) is 242 Å². The van der Waals surface area contributed by atoms with Gasteiger partial charge in [-0.05, 0) is 283 Å². The highest BCUT2D eigenvalue weighted by molar-refractivity contribution is 6.08. The van der Waals surface area contributed by atoms with Crippen LogP contribution in [-0.2, 0) is 80.1 Å². The number of hydrogen-bond acceptors (Lipinski definition) is 5. The Kier molecular flexibility index (Phi) is 20.3. The van der Waals surface area contributed by atoms with E-state index in [2.05, 4.69) is 405 Å². The number of rotatable bonds is 15. The summed E-state index contributed by atoms with van der Waals surface area (Å²) in [6.07, 6.45) is 24.6. The minimum Gasteiger partial charge on any atom is -0.460 e. The van der Waals surface area contributed by atoms with E-state index in [0.29, 0.717) is 19.3 Å². The molecule has 0 radical (unpaired) electrons. The van der Waals surface area contributed by atoms with Gasteiger partial charge in [0, 0.05) is 67.8 Å². The number of carbonyl (C=O) groups excluding carboxylic acids is 1. The number of nitrogens with zero attached hydrogens (tertiary/aromatic N) is 3. The van der Waals surface area contributed by atoms with Gasteiger partial charge in [-0.2, -0.15) is 5.26 Å². The SMILES string of the molecule is CC(C)(C)OC(=O)C12CC3(c4ccccc4)CC(c4ccccc4)(C1)CC(c1ccccc1)(C2)C3.N#CC12CC3(c4ccccc4)CC(c4ccccc4)(C1)CC(c1ccccc1)(C2)C3.O=[N+]([O-])C12CC3(c4ccccc4)CC(c4ccccc4)(CC(c4ccccc4)(C3)C1)C2.c1ccc(C23CC4(c5ccccc5)CC(c5ccccc5)(C2)CC(n2c5ccccc5c5ccccc52)(C3)C4)cc1. The number of nitro groups is 1. The molecule has 0 saturated heterocycles. The lowest BCUT2D eigenvalue weighted by atomic mass is 9.33. The van der Waals surface area contributed by atoms with E-state index in [0.717, 1.165) is 96.3 Å². The molecule has 16 aliphatic carbocycles. The Morgan fingerprint density at radius 2 is 0.438 bits per heavy atom. The maximum absolute atomic E-state index is 14.2. The van der Waals surface area contributed by atoms with Crippen molar-refractivity contribution in [1.29, 1.82) is 5.26 Å². The van der Waals surface area contributed by atoms with Crippen LogP contribution in [0.2, 0.25) is 0 Å². The third kappa shape index (κ3) is 14.0. The predicted octanol–water partition coefficient (Wildman–Crippen LogP) is 30.1. The molecule has 1 heterocycles. The van der Waals surface area contributed by atoms with Gasteiger partial charge in [0.2, 0.25) is 5.54 Å². The lowest BCUT2D eigenvalue weighted by Crippen LogP contribution is -2.70. The van der Waals surface area contributed by atoms with Crippen molar-refractivity contribution in [2.24, 2.45) is 10.8 Å². The summed E-state index contributed by atoms with van der Waals surface area (Å²) in [4.78, 5) is 27.1. The standard InChI is InChI=1S/C40H35N.C33H36O2.C29H27N.C28H27NO2/c1-4-14-30(15-5-1)37-24-38(31-16-6-2-7-17-31)26-39(25-37,32-18-8-3-9-19-32)29-40(27-37,28-38)41-35-22-12-10-20-33(35)34-21-11-13-23-36(34)41;1-29(2,3)35-28(34)33-22-30(25-13-7-4-8-14-25)19-31(23-33,26-15-9-5-10-16-26)21-32(20-30,24-33)27-17-11-6-12-18-27;30-22-26-16-27(23-10-4-1-5-11-23)19-28(17-26,24-12-6-2-7-13-24)21-29(18-26,20-27)25-14-8-3-9-15-25;30-29(31)28-19-25(22-10-4-1-5-11-22)16-26(20-28,23-12-6-2-7-13-23)18-27(17-25,21-28)24-14-8-3-9-15-24/h1-23H,24-29H2;4-18H,19-24H2,1-3H3;1-15H,16-21H2;1-15H,16-21H2. The number of para-hydroxylation sites is 2. The highest BCUT2D eigenvalue weighted by Crippen LogP contribution is 2.80. The Labute approximate surface area is 809 Å². The molecule has 15 aromatic rings. The molecule has 16 aliphatic rings. The Hall–Kier alpha value is -12.8. The number of ether oxygens (including phenoxy) is 1. The van der Waals surface area contributed by atoms with Gasteiger partial charge >= 0.3 is 5.97 Å². The van der Waals surface area contributed by atoms with Crippen molar-refractivity contribution in [3.8, 4) is 6.07 Å². The second-order valence-corrected chi connectivity index (χ2v) is 47.2. The number of fused-ring (bicyclic) bond motifs is 3. The summed E-state index contributed by atoms with van der Waals surface area (Å²) in [6.45, 7) is 5.99. The normalized spacial score (nSPS) is 33.6. The zero-order chi connectivity index (χ0) is 92.9. The highest BCUT2D eigenvalue weighted by Gasteiger charge is 2.77. The first-order chi connectivity index (χ1) is 66.5. The van der Waals surface area contributed by atoms with Crippen molar-refractivity contribution in [2.45, 2.75) is 257 Å². The van der Waals surface area contributed by atoms with Gasteiger partial charge in [-0.25, -0.2) is 0 Å². The minimum absolute atomic E-state index is 0.00101. The number of aromatic nitrogens is 1. The van der Waals surface area contributed by atoms with Gasteiger partial charge in [-0.3, -0.25) is 14.9 Å². The summed E-state index contributed by atoms with van der Waals surface area (Å²) < 4.78 is 9.06. The summed E-state index contributed by atoms with van der Waals surface area (Å²) >= 11 is 0. The topological polar surface area (TPSA) is 98.2 Å². The molecule has 0 atom stereocenters. The monoisotopic (exact) mass is 1790 g/mol. The van der Waals surface area contributed by atoms with Crippen LogP contribution in [0.4, 0.5) is 0 Å². The summed E-state index contributed by atoms with van der Waals surface area (Å²) in [7, 11) is 0. The van der Waals surface area contributed by atoms with E-state index >= 15 is 0 Å². The molecule has 0 spiro atoms. The predicted molar refractivity (Wildman–Crippen MR) is 552 cm³/mol.